The van der Waals surface area contributed by atoms with Crippen LogP contribution in [0.1, 0.15) is 24.8 Å². The van der Waals surface area contributed by atoms with Crippen LogP contribution in [-0.4, -0.2) is 25.3 Å². The van der Waals surface area contributed by atoms with Crippen molar-refractivity contribution in [3.63, 3.8) is 0 Å². The normalized spacial score (nSPS) is 13.6. The van der Waals surface area contributed by atoms with E-state index in [0.29, 0.717) is 12.0 Å². The van der Waals surface area contributed by atoms with Gasteiger partial charge in [0.1, 0.15) is 0 Å². The van der Waals surface area contributed by atoms with Gasteiger partial charge in [-0.05, 0) is 24.1 Å². The van der Waals surface area contributed by atoms with Crippen molar-refractivity contribution in [3.05, 3.63) is 29.8 Å². The van der Waals surface area contributed by atoms with Crippen molar-refractivity contribution >= 4 is 15.8 Å². The first-order chi connectivity index (χ1) is 8.30. The molecule has 0 bridgehead atoms. The van der Waals surface area contributed by atoms with Gasteiger partial charge in [0.05, 0.1) is 10.8 Å². The molecule has 0 heterocycles. The molecule has 1 atom stereocenters. The monoisotopic (exact) mass is 278 g/mol. The van der Waals surface area contributed by atoms with Gasteiger partial charge in [-0.2, -0.15) is 8.78 Å². The van der Waals surface area contributed by atoms with Crippen molar-refractivity contribution < 1.29 is 27.1 Å². The molecule has 0 aromatic heterocycles. The largest absolute Gasteiger partial charge is 0.481 e. The van der Waals surface area contributed by atoms with Gasteiger partial charge in [0, 0.05) is 0 Å². The number of sulfone groups is 1. The second-order valence-electron chi connectivity index (χ2n) is 3.67. The Hall–Kier alpha value is -1.50. The fourth-order valence-corrected chi connectivity index (χ4v) is 2.27. The van der Waals surface area contributed by atoms with Crippen molar-refractivity contribution in [3.8, 4) is 0 Å². The average Bonchev–Trinajstić information content (AvgIpc) is 2.30. The van der Waals surface area contributed by atoms with Crippen LogP contribution in [0.2, 0.25) is 0 Å². The predicted molar refractivity (Wildman–Crippen MR) is 60.3 cm³/mol. The highest BCUT2D eigenvalue weighted by atomic mass is 32.2. The van der Waals surface area contributed by atoms with Crippen LogP contribution in [0, 0.1) is 0 Å². The lowest BCUT2D eigenvalue weighted by Crippen LogP contribution is -2.13. The van der Waals surface area contributed by atoms with E-state index in [1.807, 2.05) is 0 Å². The molecule has 1 aromatic carbocycles. The molecule has 0 fully saturated rings. The van der Waals surface area contributed by atoms with E-state index in [4.69, 9.17) is 5.11 Å². The van der Waals surface area contributed by atoms with Crippen LogP contribution < -0.4 is 0 Å². The van der Waals surface area contributed by atoms with Gasteiger partial charge in [0.25, 0.3) is 0 Å². The highest BCUT2D eigenvalue weighted by Crippen LogP contribution is 2.23. The molecule has 0 radical (unpaired) electrons. The molecule has 1 aromatic rings. The van der Waals surface area contributed by atoms with Crippen molar-refractivity contribution in [1.82, 2.24) is 0 Å². The number of halogens is 2. The van der Waals surface area contributed by atoms with E-state index in [0.717, 1.165) is 12.1 Å². The highest BCUT2D eigenvalue weighted by molar-refractivity contribution is 7.91. The molecular weight excluding hydrogens is 266 g/mol. The summed E-state index contributed by atoms with van der Waals surface area (Å²) in [4.78, 5) is 10.4. The van der Waals surface area contributed by atoms with E-state index >= 15 is 0 Å². The third kappa shape index (κ3) is 2.84. The lowest BCUT2D eigenvalue weighted by molar-refractivity contribution is -0.138. The predicted octanol–water partition coefficient (Wildman–Crippen LogP) is 2.26. The summed E-state index contributed by atoms with van der Waals surface area (Å²) in [5.74, 6) is -5.29. The summed E-state index contributed by atoms with van der Waals surface area (Å²) in [6.45, 7) is 1.67. The second-order valence-corrected chi connectivity index (χ2v) is 5.59. The van der Waals surface area contributed by atoms with Gasteiger partial charge in [0.15, 0.2) is 0 Å². The summed E-state index contributed by atoms with van der Waals surface area (Å²) in [6.07, 6.45) is 0.330. The standard InChI is InChI=1S/C11H12F2O4S/c1-2-9(10(14)15)7-3-5-8(6-4-7)18(16,17)11(12)13/h3-6,9,11H,2H2,1H3,(H,14,15). The molecule has 0 aliphatic rings. The van der Waals surface area contributed by atoms with E-state index in [2.05, 4.69) is 0 Å². The van der Waals surface area contributed by atoms with Crippen LogP contribution in [0.5, 0.6) is 0 Å². The average molecular weight is 278 g/mol. The van der Waals surface area contributed by atoms with Crippen LogP contribution in [-0.2, 0) is 14.6 Å². The Labute approximate surface area is 103 Å². The molecular formula is C11H12F2O4S. The second kappa shape index (κ2) is 5.43. The first kappa shape index (κ1) is 14.6. The van der Waals surface area contributed by atoms with Crippen LogP contribution in [0.3, 0.4) is 0 Å². The number of aliphatic carboxylic acids is 1. The summed E-state index contributed by atoms with van der Waals surface area (Å²) < 4.78 is 46.8. The Morgan fingerprint density at radius 1 is 1.28 bits per heavy atom. The zero-order valence-electron chi connectivity index (χ0n) is 9.51. The molecule has 0 amide bonds. The zero-order valence-corrected chi connectivity index (χ0v) is 10.3. The SMILES string of the molecule is CCC(C(=O)O)c1ccc(S(=O)(=O)C(F)F)cc1. The van der Waals surface area contributed by atoms with E-state index in [1.54, 1.807) is 6.92 Å². The van der Waals surface area contributed by atoms with E-state index in [-0.39, 0.29) is 0 Å². The van der Waals surface area contributed by atoms with Crippen molar-refractivity contribution in [1.29, 1.82) is 0 Å². The lowest BCUT2D eigenvalue weighted by Gasteiger charge is -2.10. The van der Waals surface area contributed by atoms with Gasteiger partial charge in [-0.1, -0.05) is 19.1 Å². The zero-order chi connectivity index (χ0) is 13.9. The Balaban J connectivity index is 3.11. The fourth-order valence-electron chi connectivity index (χ4n) is 1.55. The Morgan fingerprint density at radius 2 is 1.78 bits per heavy atom. The molecule has 1 rings (SSSR count). The molecule has 18 heavy (non-hydrogen) atoms. The first-order valence-corrected chi connectivity index (χ1v) is 6.70. The van der Waals surface area contributed by atoms with Crippen LogP contribution in [0.25, 0.3) is 0 Å². The van der Waals surface area contributed by atoms with E-state index < -0.39 is 32.4 Å². The molecule has 7 heteroatoms. The quantitative estimate of drug-likeness (QED) is 0.896. The minimum Gasteiger partial charge on any atom is -0.481 e. The van der Waals surface area contributed by atoms with Gasteiger partial charge in [-0.25, -0.2) is 8.42 Å². The maximum absolute atomic E-state index is 12.3. The first-order valence-electron chi connectivity index (χ1n) is 5.15. The summed E-state index contributed by atoms with van der Waals surface area (Å²) in [7, 11) is -4.63. The molecule has 1 unspecified atom stereocenters. The van der Waals surface area contributed by atoms with Gasteiger partial charge in [-0.3, -0.25) is 4.79 Å². The minimum absolute atomic E-state index is 0.330. The molecule has 0 saturated carbocycles. The highest BCUT2D eigenvalue weighted by Gasteiger charge is 2.27. The summed E-state index contributed by atoms with van der Waals surface area (Å²) >= 11 is 0. The Kier molecular flexibility index (Phi) is 4.39. The van der Waals surface area contributed by atoms with Crippen LogP contribution >= 0.6 is 0 Å². The van der Waals surface area contributed by atoms with Gasteiger partial charge in [0.2, 0.25) is 9.84 Å². The molecule has 0 spiro atoms. The molecule has 0 aliphatic heterocycles. The van der Waals surface area contributed by atoms with Crippen molar-refractivity contribution in [2.24, 2.45) is 0 Å². The Bertz CT molecular complexity index is 522. The lowest BCUT2D eigenvalue weighted by atomic mass is 9.97. The fraction of sp³-hybridized carbons (Fsp3) is 0.364. The third-order valence-corrected chi connectivity index (χ3v) is 3.95. The Morgan fingerprint density at radius 3 is 2.11 bits per heavy atom. The molecule has 0 aliphatic carbocycles. The maximum atomic E-state index is 12.3. The number of carboxylic acids is 1. The van der Waals surface area contributed by atoms with Gasteiger partial charge < -0.3 is 5.11 Å². The van der Waals surface area contributed by atoms with Crippen LogP contribution in [0.4, 0.5) is 8.78 Å². The van der Waals surface area contributed by atoms with Crippen molar-refractivity contribution in [2.75, 3.05) is 0 Å². The number of alkyl halides is 2. The maximum Gasteiger partial charge on any atom is 0.341 e. The number of carbonyl (C=O) groups is 1. The molecule has 100 valence electrons. The van der Waals surface area contributed by atoms with Crippen LogP contribution in [0.15, 0.2) is 29.2 Å². The van der Waals surface area contributed by atoms with Crippen molar-refractivity contribution in [2.45, 2.75) is 29.9 Å². The third-order valence-electron chi connectivity index (χ3n) is 2.55. The smallest absolute Gasteiger partial charge is 0.341 e. The summed E-state index contributed by atoms with van der Waals surface area (Å²) in [6, 6.07) is 4.50. The molecule has 4 nitrogen and oxygen atoms in total. The topological polar surface area (TPSA) is 71.4 Å². The minimum atomic E-state index is -4.63. The summed E-state index contributed by atoms with van der Waals surface area (Å²) in [5, 5.41) is 8.91. The number of benzene rings is 1. The number of hydrogen-bond acceptors (Lipinski definition) is 3. The number of hydrogen-bond donors (Lipinski definition) is 1. The molecule has 0 saturated heterocycles. The van der Waals surface area contributed by atoms with Gasteiger partial charge in [-0.15, -0.1) is 0 Å². The van der Waals surface area contributed by atoms with Gasteiger partial charge >= 0.3 is 11.7 Å². The van der Waals surface area contributed by atoms with E-state index in [9.17, 15) is 22.0 Å². The number of rotatable bonds is 5. The number of carboxylic acid groups (broad SMARTS) is 1. The summed E-state index contributed by atoms with van der Waals surface area (Å²) in [5.41, 5.74) is 0.387. The van der Waals surface area contributed by atoms with E-state index in [1.165, 1.54) is 12.1 Å². The molecule has 1 N–H and O–H groups in total.